The van der Waals surface area contributed by atoms with Crippen LogP contribution >= 0.6 is 23.1 Å². The van der Waals surface area contributed by atoms with Crippen LogP contribution in [-0.2, 0) is 17.8 Å². The van der Waals surface area contributed by atoms with Gasteiger partial charge < -0.3 is 9.73 Å². The Balaban J connectivity index is 1.49. The van der Waals surface area contributed by atoms with Crippen molar-refractivity contribution in [3.63, 3.8) is 0 Å². The van der Waals surface area contributed by atoms with E-state index in [1.807, 2.05) is 29.6 Å². The minimum absolute atomic E-state index is 0.0847. The number of aromatic nitrogens is 2. The van der Waals surface area contributed by atoms with E-state index in [4.69, 9.17) is 4.42 Å². The molecular formula is C21H19N3O3S2. The van der Waals surface area contributed by atoms with Gasteiger partial charge in [0.1, 0.15) is 5.76 Å². The number of para-hydroxylation sites is 1. The zero-order valence-corrected chi connectivity index (χ0v) is 17.2. The summed E-state index contributed by atoms with van der Waals surface area (Å²) in [6.07, 6.45) is 2.38. The Kier molecular flexibility index (Phi) is 6.12. The summed E-state index contributed by atoms with van der Waals surface area (Å²) in [5.74, 6) is 0.762. The number of rotatable bonds is 8. The highest BCUT2D eigenvalue weighted by Crippen LogP contribution is 2.19. The van der Waals surface area contributed by atoms with Crippen LogP contribution in [0.5, 0.6) is 0 Å². The van der Waals surface area contributed by atoms with Gasteiger partial charge in [0.15, 0.2) is 5.16 Å². The molecule has 0 aliphatic rings. The van der Waals surface area contributed by atoms with Gasteiger partial charge in [-0.05, 0) is 42.1 Å². The molecule has 0 aliphatic carbocycles. The van der Waals surface area contributed by atoms with Crippen LogP contribution in [0.15, 0.2) is 74.5 Å². The third kappa shape index (κ3) is 4.78. The predicted octanol–water partition coefficient (Wildman–Crippen LogP) is 3.55. The number of thiophene rings is 1. The normalized spacial score (nSPS) is 11.0. The van der Waals surface area contributed by atoms with Crippen LogP contribution in [-0.4, -0.2) is 27.8 Å². The molecule has 1 amide bonds. The number of carbonyl (C=O) groups is 1. The van der Waals surface area contributed by atoms with E-state index in [2.05, 4.69) is 16.4 Å². The fourth-order valence-corrected chi connectivity index (χ4v) is 4.45. The molecule has 0 atom stereocenters. The van der Waals surface area contributed by atoms with Gasteiger partial charge in [0.2, 0.25) is 5.91 Å². The Morgan fingerprint density at radius 2 is 2.07 bits per heavy atom. The van der Waals surface area contributed by atoms with Crippen molar-refractivity contribution in [2.75, 3.05) is 12.3 Å². The summed E-state index contributed by atoms with van der Waals surface area (Å²) in [5, 5.41) is 5.99. The number of thioether (sulfide) groups is 1. The van der Waals surface area contributed by atoms with Crippen LogP contribution in [0.3, 0.4) is 0 Å². The summed E-state index contributed by atoms with van der Waals surface area (Å²) in [6.45, 7) is 0.857. The van der Waals surface area contributed by atoms with Gasteiger partial charge >= 0.3 is 0 Å². The minimum atomic E-state index is -0.146. The van der Waals surface area contributed by atoms with Gasteiger partial charge in [-0.1, -0.05) is 30.0 Å². The Morgan fingerprint density at radius 3 is 2.86 bits per heavy atom. The first kappa shape index (κ1) is 19.5. The van der Waals surface area contributed by atoms with Crippen molar-refractivity contribution >= 4 is 39.9 Å². The second-order valence-corrected chi connectivity index (χ2v) is 8.32. The average Bonchev–Trinajstić information content (AvgIpc) is 3.43. The monoisotopic (exact) mass is 425 g/mol. The summed E-state index contributed by atoms with van der Waals surface area (Å²) in [5.41, 5.74) is 0.474. The fraction of sp³-hybridized carbons (Fsp3) is 0.190. The second kappa shape index (κ2) is 9.11. The predicted molar refractivity (Wildman–Crippen MR) is 116 cm³/mol. The van der Waals surface area contributed by atoms with E-state index in [0.29, 0.717) is 28.4 Å². The molecule has 0 bridgehead atoms. The summed E-state index contributed by atoms with van der Waals surface area (Å²) < 4.78 is 6.96. The van der Waals surface area contributed by atoms with Crippen molar-refractivity contribution in [1.82, 2.24) is 14.9 Å². The highest BCUT2D eigenvalue weighted by Gasteiger charge is 2.14. The number of benzene rings is 1. The number of nitrogens with zero attached hydrogens (tertiary/aromatic N) is 2. The average molecular weight is 426 g/mol. The number of carbonyl (C=O) groups excluding carboxylic acids is 1. The smallest absolute Gasteiger partial charge is 0.262 e. The standard InChI is InChI=1S/C21H19N3O3S2/c25-19(22-10-9-16-6-4-12-28-16)14-29-21-23-18-8-2-1-7-17(18)20(26)24(21)13-15-5-3-11-27-15/h1-8,11-12H,9-10,13-14H2,(H,22,25). The van der Waals surface area contributed by atoms with Gasteiger partial charge in [0, 0.05) is 11.4 Å². The van der Waals surface area contributed by atoms with E-state index in [-0.39, 0.29) is 23.8 Å². The topological polar surface area (TPSA) is 77.1 Å². The maximum Gasteiger partial charge on any atom is 0.262 e. The van der Waals surface area contributed by atoms with Gasteiger partial charge in [-0.15, -0.1) is 11.3 Å². The highest BCUT2D eigenvalue weighted by molar-refractivity contribution is 7.99. The first-order valence-electron chi connectivity index (χ1n) is 9.14. The first-order valence-corrected chi connectivity index (χ1v) is 11.0. The summed E-state index contributed by atoms with van der Waals surface area (Å²) in [7, 11) is 0. The Hall–Kier alpha value is -2.84. The lowest BCUT2D eigenvalue weighted by Gasteiger charge is -2.12. The van der Waals surface area contributed by atoms with Crippen LogP contribution in [0.25, 0.3) is 10.9 Å². The van der Waals surface area contributed by atoms with E-state index >= 15 is 0 Å². The molecule has 0 aliphatic heterocycles. The van der Waals surface area contributed by atoms with Crippen molar-refractivity contribution in [3.8, 4) is 0 Å². The molecule has 6 nitrogen and oxygen atoms in total. The zero-order chi connectivity index (χ0) is 20.1. The van der Waals surface area contributed by atoms with Crippen molar-refractivity contribution in [1.29, 1.82) is 0 Å². The fourth-order valence-electron chi connectivity index (χ4n) is 2.92. The van der Waals surface area contributed by atoms with Crippen LogP contribution < -0.4 is 10.9 Å². The Morgan fingerprint density at radius 1 is 1.17 bits per heavy atom. The van der Waals surface area contributed by atoms with Crippen molar-refractivity contribution in [2.24, 2.45) is 0 Å². The summed E-state index contributed by atoms with van der Waals surface area (Å²) in [4.78, 5) is 31.1. The second-order valence-electron chi connectivity index (χ2n) is 6.35. The maximum atomic E-state index is 13.0. The third-order valence-corrected chi connectivity index (χ3v) is 6.24. The van der Waals surface area contributed by atoms with E-state index in [9.17, 15) is 9.59 Å². The van der Waals surface area contributed by atoms with Crippen LogP contribution in [0.2, 0.25) is 0 Å². The molecular weight excluding hydrogens is 406 g/mol. The quantitative estimate of drug-likeness (QED) is 0.345. The van der Waals surface area contributed by atoms with Crippen molar-refractivity contribution in [2.45, 2.75) is 18.1 Å². The lowest BCUT2D eigenvalue weighted by molar-refractivity contribution is -0.118. The summed E-state index contributed by atoms with van der Waals surface area (Å²) >= 11 is 2.93. The Bertz CT molecular complexity index is 1150. The van der Waals surface area contributed by atoms with Gasteiger partial charge in [0.05, 0.1) is 29.5 Å². The molecule has 0 saturated heterocycles. The molecule has 1 N–H and O–H groups in total. The molecule has 148 valence electrons. The lowest BCUT2D eigenvalue weighted by Crippen LogP contribution is -2.28. The molecule has 3 aromatic heterocycles. The molecule has 8 heteroatoms. The number of amides is 1. The Labute approximate surface area is 175 Å². The molecule has 4 aromatic rings. The molecule has 0 spiro atoms. The molecule has 0 saturated carbocycles. The zero-order valence-electron chi connectivity index (χ0n) is 15.5. The SMILES string of the molecule is O=C(CSc1nc2ccccc2c(=O)n1Cc1ccco1)NCCc1cccs1. The first-order chi connectivity index (χ1) is 14.2. The van der Waals surface area contributed by atoms with Crippen LogP contribution in [0, 0.1) is 0 Å². The highest BCUT2D eigenvalue weighted by atomic mass is 32.2. The van der Waals surface area contributed by atoms with E-state index < -0.39 is 0 Å². The molecule has 1 aromatic carbocycles. The third-order valence-electron chi connectivity index (χ3n) is 4.33. The molecule has 4 rings (SSSR count). The largest absolute Gasteiger partial charge is 0.467 e. The van der Waals surface area contributed by atoms with Crippen LogP contribution in [0.4, 0.5) is 0 Å². The lowest BCUT2D eigenvalue weighted by atomic mass is 10.2. The van der Waals surface area contributed by atoms with Gasteiger partial charge in [-0.25, -0.2) is 4.98 Å². The molecule has 3 heterocycles. The van der Waals surface area contributed by atoms with Gasteiger partial charge in [-0.3, -0.25) is 14.2 Å². The molecule has 0 radical (unpaired) electrons. The van der Waals surface area contributed by atoms with Crippen molar-refractivity contribution < 1.29 is 9.21 Å². The van der Waals surface area contributed by atoms with Crippen LogP contribution in [0.1, 0.15) is 10.6 Å². The molecule has 0 unspecified atom stereocenters. The number of fused-ring (bicyclic) bond motifs is 1. The van der Waals surface area contributed by atoms with E-state index in [1.54, 1.807) is 40.4 Å². The van der Waals surface area contributed by atoms with Gasteiger partial charge in [-0.2, -0.15) is 0 Å². The number of hydrogen-bond donors (Lipinski definition) is 1. The molecule has 0 fully saturated rings. The van der Waals surface area contributed by atoms with E-state index in [1.165, 1.54) is 16.6 Å². The minimum Gasteiger partial charge on any atom is -0.467 e. The number of hydrogen-bond acceptors (Lipinski definition) is 6. The number of furan rings is 1. The van der Waals surface area contributed by atoms with Gasteiger partial charge in [0.25, 0.3) is 5.56 Å². The van der Waals surface area contributed by atoms with Crippen molar-refractivity contribution in [3.05, 3.63) is 81.2 Å². The summed E-state index contributed by atoms with van der Waals surface area (Å²) in [6, 6.07) is 14.9. The number of nitrogens with one attached hydrogen (secondary N) is 1. The maximum absolute atomic E-state index is 13.0. The van der Waals surface area contributed by atoms with E-state index in [0.717, 1.165) is 6.42 Å². The molecule has 29 heavy (non-hydrogen) atoms.